The molecule has 2 atom stereocenters. The minimum Gasteiger partial charge on any atom is -0.515 e. The van der Waals surface area contributed by atoms with Gasteiger partial charge in [0.1, 0.15) is 17.8 Å². The van der Waals surface area contributed by atoms with Crippen molar-refractivity contribution in [2.45, 2.75) is 97.6 Å². The average molecular weight is 779 g/mol. The second kappa shape index (κ2) is 11.4. The maximum absolute atomic E-state index is 6.55. The van der Waals surface area contributed by atoms with Crippen molar-refractivity contribution in [3.63, 3.8) is 0 Å². The van der Waals surface area contributed by atoms with Crippen molar-refractivity contribution in [3.8, 4) is 17.3 Å². The Morgan fingerprint density at radius 2 is 1.60 bits per heavy atom. The Balaban J connectivity index is 0.00000357. The number of nitrogens with zero attached hydrogens (tertiary/aromatic N) is 3. The molecule has 0 saturated heterocycles. The van der Waals surface area contributed by atoms with Gasteiger partial charge in [0.05, 0.1) is 6.04 Å². The Hall–Kier alpha value is -3.43. The first-order valence-corrected chi connectivity index (χ1v) is 15.8. The monoisotopic (exact) mass is 778 g/mol. The van der Waals surface area contributed by atoms with Crippen molar-refractivity contribution in [2.24, 2.45) is 4.99 Å². The van der Waals surface area contributed by atoms with Crippen molar-refractivity contribution in [1.82, 2.24) is 9.55 Å². The summed E-state index contributed by atoms with van der Waals surface area (Å²) in [5, 5.41) is 2.30. The van der Waals surface area contributed by atoms with E-state index in [1.54, 1.807) is 0 Å². The number of hydrogen-bond donors (Lipinski definition) is 0. The number of hydrogen-bond acceptors (Lipinski definition) is 4. The Morgan fingerprint density at radius 3 is 2.33 bits per heavy atom. The van der Waals surface area contributed by atoms with Crippen LogP contribution in [0.2, 0.25) is 0 Å². The zero-order valence-electron chi connectivity index (χ0n) is 27.4. The zero-order valence-corrected chi connectivity index (χ0v) is 29.7. The van der Waals surface area contributed by atoms with E-state index in [4.69, 9.17) is 19.5 Å². The van der Waals surface area contributed by atoms with Crippen LogP contribution in [0.15, 0.2) is 59.7 Å². The number of aromatic nitrogens is 2. The molecule has 0 amide bonds. The maximum Gasteiger partial charge on any atom is 2.00 e. The van der Waals surface area contributed by atoms with Crippen molar-refractivity contribution >= 4 is 27.7 Å². The fraction of sp³-hybridized carbons (Fsp3) is 0.385. The first kappa shape index (κ1) is 31.5. The molecule has 0 N–H and O–H groups in total. The molecule has 0 bridgehead atoms. The summed E-state index contributed by atoms with van der Waals surface area (Å²) in [7, 11) is 0. The normalized spacial score (nSPS) is 18.1. The second-order valence-corrected chi connectivity index (χ2v) is 14.6. The predicted octanol–water partition coefficient (Wildman–Crippen LogP) is 9.48. The molecule has 0 unspecified atom stereocenters. The van der Waals surface area contributed by atoms with Crippen LogP contribution in [-0.4, -0.2) is 27.6 Å². The van der Waals surface area contributed by atoms with E-state index in [2.05, 4.69) is 115 Å². The van der Waals surface area contributed by atoms with Gasteiger partial charge in [-0.05, 0) is 64.8 Å². The topological polar surface area (TPSA) is 48.6 Å². The number of ether oxygens (including phenoxy) is 2. The second-order valence-electron chi connectivity index (χ2n) is 14.6. The fourth-order valence-electron chi connectivity index (χ4n) is 6.55. The SMILES string of the molecule is Cc1cc(C)c(C2=N[C@@H]3CCC[C@@H]3O2)[c-]c1Oc1[c-]c2c(cc1)c1cc(C(C)(C)C)ccc1n2-c1cc(C(C)(C)C)ccn1.[Pt+2]. The van der Waals surface area contributed by atoms with E-state index in [0.717, 1.165) is 51.8 Å². The maximum atomic E-state index is 6.55. The van der Waals surface area contributed by atoms with Crippen LogP contribution in [0.5, 0.6) is 11.5 Å². The Bertz CT molecular complexity index is 1960. The van der Waals surface area contributed by atoms with Crippen molar-refractivity contribution in [3.05, 3.63) is 94.7 Å². The number of pyridine rings is 1. The summed E-state index contributed by atoms with van der Waals surface area (Å²) in [5.41, 5.74) is 7.56. The first-order chi connectivity index (χ1) is 20.9. The predicted molar refractivity (Wildman–Crippen MR) is 179 cm³/mol. The van der Waals surface area contributed by atoms with Crippen LogP contribution in [0.4, 0.5) is 0 Å². The van der Waals surface area contributed by atoms with Gasteiger partial charge in [-0.15, -0.1) is 29.1 Å². The van der Waals surface area contributed by atoms with Crippen molar-refractivity contribution in [2.75, 3.05) is 0 Å². The fourth-order valence-corrected chi connectivity index (χ4v) is 6.55. The molecule has 6 heteroatoms. The minimum absolute atomic E-state index is 0. The Kier molecular flexibility index (Phi) is 8.01. The molecule has 1 saturated carbocycles. The first-order valence-electron chi connectivity index (χ1n) is 15.8. The summed E-state index contributed by atoms with van der Waals surface area (Å²) in [6, 6.07) is 24.8. The third-order valence-corrected chi connectivity index (χ3v) is 9.17. The third-order valence-electron chi connectivity index (χ3n) is 9.17. The standard InChI is InChI=1S/C39H41N3O2.Pt/c1-23-18-24(2)35(22-29(23)37-41-31-10-9-11-34(31)44-37)43-27-13-14-28-30-19-25(38(3,4)5)12-15-32(30)42(33(28)21-27)36-20-26(16-17-40-36)39(6,7)8;/h12-20,31,34H,9-11H2,1-8H3;/q-2;+2/t31-,34+;/m1./s1. The van der Waals surface area contributed by atoms with Gasteiger partial charge in [0, 0.05) is 23.2 Å². The smallest absolute Gasteiger partial charge is 0.515 e. The van der Waals surface area contributed by atoms with E-state index < -0.39 is 0 Å². The van der Waals surface area contributed by atoms with Gasteiger partial charge in [0.15, 0.2) is 0 Å². The molecule has 0 spiro atoms. The molecule has 45 heavy (non-hydrogen) atoms. The van der Waals surface area contributed by atoms with E-state index in [1.807, 2.05) is 12.3 Å². The number of benzene rings is 3. The quantitative estimate of drug-likeness (QED) is 0.171. The minimum atomic E-state index is -0.00364. The van der Waals surface area contributed by atoms with Gasteiger partial charge in [0.25, 0.3) is 0 Å². The number of rotatable bonds is 4. The largest absolute Gasteiger partial charge is 2.00 e. The van der Waals surface area contributed by atoms with E-state index in [9.17, 15) is 0 Å². The van der Waals surface area contributed by atoms with Crippen LogP contribution in [-0.2, 0) is 36.6 Å². The summed E-state index contributed by atoms with van der Waals surface area (Å²) < 4.78 is 15.0. The van der Waals surface area contributed by atoms with E-state index in [1.165, 1.54) is 22.9 Å². The van der Waals surface area contributed by atoms with Crippen molar-refractivity contribution in [1.29, 1.82) is 0 Å². The summed E-state index contributed by atoms with van der Waals surface area (Å²) in [5.74, 6) is 2.86. The molecule has 3 heterocycles. The molecule has 2 aromatic heterocycles. The summed E-state index contributed by atoms with van der Waals surface area (Å²) in [6.07, 6.45) is 5.45. The Morgan fingerprint density at radius 1 is 0.844 bits per heavy atom. The molecular weight excluding hydrogens is 738 g/mol. The molecular formula is C39H41N3O2Pt. The van der Waals surface area contributed by atoms with Crippen LogP contribution >= 0.6 is 0 Å². The number of fused-ring (bicyclic) bond motifs is 4. The molecule has 234 valence electrons. The van der Waals surface area contributed by atoms with Crippen LogP contribution in [0.1, 0.15) is 88.6 Å². The third kappa shape index (κ3) is 5.74. The van der Waals surface area contributed by atoms with Gasteiger partial charge in [-0.1, -0.05) is 90.2 Å². The van der Waals surface area contributed by atoms with Crippen LogP contribution in [0, 0.1) is 26.0 Å². The molecule has 5 nitrogen and oxygen atoms in total. The van der Waals surface area contributed by atoms with Gasteiger partial charge < -0.3 is 14.0 Å². The molecule has 7 rings (SSSR count). The molecule has 1 aliphatic carbocycles. The summed E-state index contributed by atoms with van der Waals surface area (Å²) >= 11 is 0. The molecule has 1 aliphatic heterocycles. The van der Waals surface area contributed by atoms with Gasteiger partial charge in [0.2, 0.25) is 0 Å². The Labute approximate surface area is 281 Å². The van der Waals surface area contributed by atoms with E-state index in [-0.39, 0.29) is 44.0 Å². The van der Waals surface area contributed by atoms with Crippen LogP contribution in [0.25, 0.3) is 27.6 Å². The van der Waals surface area contributed by atoms with Gasteiger partial charge in [-0.2, -0.15) is 6.07 Å². The summed E-state index contributed by atoms with van der Waals surface area (Å²) in [6.45, 7) is 17.6. The molecule has 0 radical (unpaired) electrons. The van der Waals surface area contributed by atoms with Gasteiger partial charge in [-0.3, -0.25) is 4.99 Å². The summed E-state index contributed by atoms with van der Waals surface area (Å²) in [4.78, 5) is 9.76. The van der Waals surface area contributed by atoms with Crippen molar-refractivity contribution < 1.29 is 30.5 Å². The zero-order chi connectivity index (χ0) is 31.0. The molecule has 5 aromatic rings. The van der Waals surface area contributed by atoms with Gasteiger partial charge in [-0.25, -0.2) is 4.98 Å². The van der Waals surface area contributed by atoms with E-state index >= 15 is 0 Å². The molecule has 2 aliphatic rings. The number of aliphatic imine (C=N–C) groups is 1. The number of aryl methyl sites for hydroxylation is 2. The molecule has 1 fully saturated rings. The van der Waals surface area contributed by atoms with Gasteiger partial charge >= 0.3 is 21.1 Å². The average Bonchev–Trinajstić information content (AvgIpc) is 3.65. The van der Waals surface area contributed by atoms with Crippen LogP contribution in [0.3, 0.4) is 0 Å². The van der Waals surface area contributed by atoms with Crippen LogP contribution < -0.4 is 4.74 Å². The van der Waals surface area contributed by atoms with E-state index in [0.29, 0.717) is 17.4 Å². The molecule has 3 aromatic carbocycles.